The molecule has 0 saturated carbocycles. The molecule has 0 aliphatic carbocycles. The van der Waals surface area contributed by atoms with Crippen LogP contribution in [0.5, 0.6) is 0 Å². The Balaban J connectivity index is 1.64. The number of piperazine rings is 1. The van der Waals surface area contributed by atoms with Crippen molar-refractivity contribution in [3.05, 3.63) is 71.1 Å². The molecule has 1 amide bonds. The van der Waals surface area contributed by atoms with E-state index in [2.05, 4.69) is 37.0 Å². The van der Waals surface area contributed by atoms with Gasteiger partial charge in [-0.25, -0.2) is 14.8 Å². The van der Waals surface area contributed by atoms with Gasteiger partial charge < -0.3 is 14.5 Å². The third-order valence-electron chi connectivity index (χ3n) is 6.29. The van der Waals surface area contributed by atoms with Crippen LogP contribution >= 0.6 is 0 Å². The molecule has 0 N–H and O–H groups in total. The predicted molar refractivity (Wildman–Crippen MR) is 147 cm³/mol. The van der Waals surface area contributed by atoms with E-state index in [4.69, 9.17) is 19.7 Å². The lowest BCUT2D eigenvalue weighted by Crippen LogP contribution is -2.51. The van der Waals surface area contributed by atoms with Crippen molar-refractivity contribution in [1.29, 1.82) is 0 Å². The first-order chi connectivity index (χ1) is 17.3. The van der Waals surface area contributed by atoms with Crippen LogP contribution in [0.2, 0.25) is 0 Å². The first-order valence-electron chi connectivity index (χ1n) is 12.9. The Morgan fingerprint density at radius 1 is 1.08 bits per heavy atom. The van der Waals surface area contributed by atoms with Crippen molar-refractivity contribution in [3.63, 3.8) is 0 Å². The highest BCUT2D eigenvalue weighted by atomic mass is 16.6. The van der Waals surface area contributed by atoms with Crippen LogP contribution in [0.3, 0.4) is 0 Å². The zero-order valence-electron chi connectivity index (χ0n) is 22.1. The summed E-state index contributed by atoms with van der Waals surface area (Å²) in [7, 11) is 0. The molecule has 1 aromatic rings. The van der Waals surface area contributed by atoms with Gasteiger partial charge in [-0.1, -0.05) is 56.3 Å². The molecule has 1 fully saturated rings. The highest BCUT2D eigenvalue weighted by molar-refractivity contribution is 6.08. The molecule has 3 heterocycles. The molecule has 0 atom stereocenters. The Hall–Kier alpha value is -3.48. The van der Waals surface area contributed by atoms with Gasteiger partial charge in [0.25, 0.3) is 0 Å². The molecule has 0 spiro atoms. The van der Waals surface area contributed by atoms with Gasteiger partial charge in [0.2, 0.25) is 0 Å². The van der Waals surface area contributed by atoms with E-state index in [1.165, 1.54) is 0 Å². The molecule has 190 valence electrons. The third kappa shape index (κ3) is 6.01. The minimum absolute atomic E-state index is 0.257. The molecule has 0 radical (unpaired) electrons. The molecular weight excluding hydrogens is 450 g/mol. The second kappa shape index (κ2) is 11.1. The van der Waals surface area contributed by atoms with Crippen molar-refractivity contribution in [2.24, 2.45) is 15.0 Å². The number of carbonyl (C=O) groups is 1. The number of benzene rings is 1. The van der Waals surface area contributed by atoms with Crippen molar-refractivity contribution < 1.29 is 9.53 Å². The van der Waals surface area contributed by atoms with Gasteiger partial charge in [0, 0.05) is 37.5 Å². The van der Waals surface area contributed by atoms with Crippen molar-refractivity contribution in [2.75, 3.05) is 32.7 Å². The van der Waals surface area contributed by atoms with Crippen LogP contribution in [-0.2, 0) is 4.74 Å². The summed E-state index contributed by atoms with van der Waals surface area (Å²) < 4.78 is 5.55. The minimum atomic E-state index is -0.496. The maximum atomic E-state index is 12.5. The number of dihydropyridines is 1. The van der Waals surface area contributed by atoms with Gasteiger partial charge in [0.15, 0.2) is 0 Å². The maximum Gasteiger partial charge on any atom is 0.410 e. The fraction of sp³-hybridized carbons (Fsp3) is 0.448. The summed E-state index contributed by atoms with van der Waals surface area (Å²) >= 11 is 0. The lowest BCUT2D eigenvalue weighted by molar-refractivity contribution is 0.0187. The van der Waals surface area contributed by atoms with Crippen molar-refractivity contribution in [2.45, 2.75) is 53.1 Å². The van der Waals surface area contributed by atoms with E-state index in [0.29, 0.717) is 32.7 Å². The molecule has 4 rings (SSSR count). The van der Waals surface area contributed by atoms with Crippen LogP contribution in [0, 0.1) is 0 Å². The SMILES string of the molecule is CCC1=NCC2=CC=CC(N3CCN(C(=O)OC(C)(C)C)CC3)=NC2=C1N=C(CC)c1ccccc1. The number of rotatable bonds is 4. The van der Waals surface area contributed by atoms with Gasteiger partial charge in [-0.2, -0.15) is 0 Å². The normalized spacial score (nSPS) is 18.8. The smallest absolute Gasteiger partial charge is 0.410 e. The number of amides is 1. The summed E-state index contributed by atoms with van der Waals surface area (Å²) in [6.07, 6.45) is 7.56. The fourth-order valence-corrected chi connectivity index (χ4v) is 4.41. The van der Waals surface area contributed by atoms with Gasteiger partial charge in [0.05, 0.1) is 18.0 Å². The highest BCUT2D eigenvalue weighted by Gasteiger charge is 2.28. The number of fused-ring (bicyclic) bond motifs is 1. The lowest BCUT2D eigenvalue weighted by Gasteiger charge is -2.36. The summed E-state index contributed by atoms with van der Waals surface area (Å²) in [5.41, 5.74) is 5.48. The number of hydrogen-bond acceptors (Lipinski definition) is 6. The summed E-state index contributed by atoms with van der Waals surface area (Å²) in [5, 5.41) is 0. The summed E-state index contributed by atoms with van der Waals surface area (Å²) in [5.74, 6) is 0.892. The zero-order chi connectivity index (χ0) is 25.7. The first kappa shape index (κ1) is 25.6. The molecular formula is C29H37N5O2. The van der Waals surface area contributed by atoms with Crippen LogP contribution in [0.15, 0.2) is 80.5 Å². The van der Waals surface area contributed by atoms with E-state index in [1.807, 2.05) is 51.1 Å². The van der Waals surface area contributed by atoms with Crippen molar-refractivity contribution >= 4 is 23.4 Å². The molecule has 1 aromatic carbocycles. The molecule has 1 saturated heterocycles. The Kier molecular flexibility index (Phi) is 7.87. The zero-order valence-corrected chi connectivity index (χ0v) is 22.1. The minimum Gasteiger partial charge on any atom is -0.444 e. The highest BCUT2D eigenvalue weighted by Crippen LogP contribution is 2.28. The number of aliphatic imine (C=N–C) groups is 3. The Morgan fingerprint density at radius 3 is 2.44 bits per heavy atom. The van der Waals surface area contributed by atoms with E-state index in [9.17, 15) is 4.79 Å². The summed E-state index contributed by atoms with van der Waals surface area (Å²) in [6.45, 7) is 13.1. The molecule has 3 aliphatic heterocycles. The van der Waals surface area contributed by atoms with E-state index in [-0.39, 0.29) is 6.09 Å². The number of hydrogen-bond donors (Lipinski definition) is 0. The summed E-state index contributed by atoms with van der Waals surface area (Å²) in [6, 6.07) is 10.3. The van der Waals surface area contributed by atoms with Crippen molar-refractivity contribution in [3.8, 4) is 0 Å². The van der Waals surface area contributed by atoms with E-state index >= 15 is 0 Å². The van der Waals surface area contributed by atoms with Crippen LogP contribution in [0.4, 0.5) is 4.79 Å². The first-order valence-corrected chi connectivity index (χ1v) is 12.9. The molecule has 7 heteroatoms. The van der Waals surface area contributed by atoms with Crippen molar-refractivity contribution in [1.82, 2.24) is 9.80 Å². The number of allylic oxidation sites excluding steroid dienone is 3. The maximum absolute atomic E-state index is 12.5. The number of carbonyl (C=O) groups excluding carboxylic acids is 1. The molecule has 0 bridgehead atoms. The number of amidine groups is 1. The van der Waals surface area contributed by atoms with Gasteiger partial charge in [-0.05, 0) is 45.3 Å². The summed E-state index contributed by atoms with van der Waals surface area (Å²) in [4.78, 5) is 31.7. The predicted octanol–water partition coefficient (Wildman–Crippen LogP) is 5.41. The third-order valence-corrected chi connectivity index (χ3v) is 6.29. The van der Waals surface area contributed by atoms with E-state index in [0.717, 1.165) is 52.6 Å². The lowest BCUT2D eigenvalue weighted by atomic mass is 10.0. The largest absolute Gasteiger partial charge is 0.444 e. The van der Waals surface area contributed by atoms with Gasteiger partial charge in [0.1, 0.15) is 17.1 Å². The molecule has 7 nitrogen and oxygen atoms in total. The number of ether oxygens (including phenoxy) is 1. The monoisotopic (exact) mass is 487 g/mol. The second-order valence-corrected chi connectivity index (χ2v) is 10.1. The van der Waals surface area contributed by atoms with Crippen LogP contribution in [0.1, 0.15) is 53.0 Å². The molecule has 0 aromatic heterocycles. The fourth-order valence-electron chi connectivity index (χ4n) is 4.41. The van der Waals surface area contributed by atoms with E-state index in [1.54, 1.807) is 4.90 Å². The van der Waals surface area contributed by atoms with Crippen LogP contribution in [0.25, 0.3) is 0 Å². The Bertz CT molecular complexity index is 1160. The van der Waals surface area contributed by atoms with Crippen LogP contribution < -0.4 is 0 Å². The van der Waals surface area contributed by atoms with Crippen LogP contribution in [-0.4, -0.2) is 71.5 Å². The topological polar surface area (TPSA) is 69.9 Å². The average molecular weight is 488 g/mol. The van der Waals surface area contributed by atoms with Gasteiger partial charge >= 0.3 is 6.09 Å². The molecule has 36 heavy (non-hydrogen) atoms. The van der Waals surface area contributed by atoms with Gasteiger partial charge in [-0.3, -0.25) is 4.99 Å². The molecule has 0 unspecified atom stereocenters. The Morgan fingerprint density at radius 2 is 1.81 bits per heavy atom. The van der Waals surface area contributed by atoms with E-state index < -0.39 is 5.60 Å². The second-order valence-electron chi connectivity index (χ2n) is 10.1. The van der Waals surface area contributed by atoms with Gasteiger partial charge in [-0.15, -0.1) is 0 Å². The quantitative estimate of drug-likeness (QED) is 0.533. The number of nitrogens with zero attached hydrogens (tertiary/aromatic N) is 5. The standard InChI is InChI=1S/C29H37N5O2/c1-6-23(21-12-9-8-10-13-21)31-27-24(7-2)30-20-22-14-11-15-25(32-26(22)27)33-16-18-34(19-17-33)28(35)36-29(3,4)5/h8-15H,6-7,16-20H2,1-5H3. The average Bonchev–Trinajstić information content (AvgIpc) is 3.09. The molecule has 3 aliphatic rings. The Labute approximate surface area is 214 Å².